The van der Waals surface area contributed by atoms with Crippen LogP contribution in [0.3, 0.4) is 0 Å². The molecular formula is C26H23F3N2O2S. The van der Waals surface area contributed by atoms with Crippen LogP contribution in [0.25, 0.3) is 16.6 Å². The summed E-state index contributed by atoms with van der Waals surface area (Å²) in [6, 6.07) is 17.0. The molecule has 0 saturated heterocycles. The van der Waals surface area contributed by atoms with E-state index in [2.05, 4.69) is 11.2 Å². The Labute approximate surface area is 199 Å². The zero-order valence-corrected chi connectivity index (χ0v) is 19.3. The number of nitrogens with zero attached hydrogens (tertiary/aromatic N) is 2. The van der Waals surface area contributed by atoms with Crippen LogP contribution in [-0.4, -0.2) is 26.6 Å². The summed E-state index contributed by atoms with van der Waals surface area (Å²) >= 11 is 1.72. The van der Waals surface area contributed by atoms with Crippen molar-refractivity contribution in [1.29, 1.82) is 0 Å². The number of aryl methyl sites for hydroxylation is 3. The fourth-order valence-corrected chi connectivity index (χ4v) is 4.78. The average molecular weight is 485 g/mol. The molecule has 0 aliphatic carbocycles. The highest BCUT2D eigenvalue weighted by molar-refractivity contribution is 7.99. The van der Waals surface area contributed by atoms with Gasteiger partial charge in [0.25, 0.3) is 0 Å². The Bertz CT molecular complexity index is 1310. The number of carboxylic acid groups (broad SMARTS) is 1. The molecule has 3 aromatic carbocycles. The summed E-state index contributed by atoms with van der Waals surface area (Å²) < 4.78 is 40.1. The van der Waals surface area contributed by atoms with Crippen molar-refractivity contribution in [3.05, 3.63) is 89.1 Å². The van der Waals surface area contributed by atoms with Crippen molar-refractivity contribution in [1.82, 2.24) is 9.78 Å². The molecule has 0 aliphatic rings. The van der Waals surface area contributed by atoms with Gasteiger partial charge in [-0.15, -0.1) is 11.8 Å². The van der Waals surface area contributed by atoms with Crippen molar-refractivity contribution >= 4 is 28.6 Å². The van der Waals surface area contributed by atoms with Gasteiger partial charge in [-0.05, 0) is 72.9 Å². The molecule has 0 spiro atoms. The molecule has 34 heavy (non-hydrogen) atoms. The predicted molar refractivity (Wildman–Crippen MR) is 128 cm³/mol. The van der Waals surface area contributed by atoms with E-state index >= 15 is 0 Å². The van der Waals surface area contributed by atoms with E-state index in [1.807, 2.05) is 43.5 Å². The molecule has 1 N–H and O–H groups in total. The third-order valence-electron chi connectivity index (χ3n) is 5.64. The monoisotopic (exact) mass is 484 g/mol. The predicted octanol–water partition coefficient (Wildman–Crippen LogP) is 6.70. The van der Waals surface area contributed by atoms with Gasteiger partial charge < -0.3 is 5.11 Å². The van der Waals surface area contributed by atoms with Crippen LogP contribution in [0, 0.1) is 6.92 Å². The molecule has 1 heterocycles. The first kappa shape index (κ1) is 23.9. The highest BCUT2D eigenvalue weighted by atomic mass is 32.2. The number of thioether (sulfide) groups is 1. The van der Waals surface area contributed by atoms with E-state index in [9.17, 15) is 18.0 Å². The number of fused-ring (bicyclic) bond motifs is 1. The van der Waals surface area contributed by atoms with Crippen LogP contribution in [0.1, 0.15) is 28.7 Å². The van der Waals surface area contributed by atoms with E-state index in [0.29, 0.717) is 12.1 Å². The Morgan fingerprint density at radius 3 is 2.47 bits per heavy atom. The van der Waals surface area contributed by atoms with Crippen LogP contribution in [0.5, 0.6) is 0 Å². The molecule has 0 saturated carbocycles. The smallest absolute Gasteiger partial charge is 0.416 e. The largest absolute Gasteiger partial charge is 0.481 e. The molecule has 0 unspecified atom stereocenters. The first-order valence-corrected chi connectivity index (χ1v) is 11.8. The molecule has 0 amide bonds. The molecule has 8 heteroatoms. The SMILES string of the molecule is Cc1cc(SCCc2cccc3cn(-c4ccc(C(F)(F)F)cc4)nc23)ccc1CCC(=O)O. The molecule has 4 nitrogen and oxygen atoms in total. The highest BCUT2D eigenvalue weighted by Crippen LogP contribution is 2.30. The minimum absolute atomic E-state index is 0.121. The maximum absolute atomic E-state index is 12.8. The van der Waals surface area contributed by atoms with Crippen molar-refractivity contribution in [3.63, 3.8) is 0 Å². The molecule has 0 fully saturated rings. The standard InChI is InChI=1S/C26H23F3N2O2S/c1-17-15-23(11-5-18(17)6-12-24(32)33)34-14-13-19-3-2-4-20-16-31(30-25(19)20)22-9-7-21(8-10-22)26(27,28)29/h2-5,7-11,15-16H,6,12-14H2,1H3,(H,32,33). The summed E-state index contributed by atoms with van der Waals surface area (Å²) in [6.45, 7) is 2.00. The molecule has 0 atom stereocenters. The van der Waals surface area contributed by atoms with Gasteiger partial charge in [0.05, 0.1) is 16.8 Å². The Hall–Kier alpha value is -3.26. The van der Waals surface area contributed by atoms with Crippen molar-refractivity contribution in [2.24, 2.45) is 0 Å². The van der Waals surface area contributed by atoms with E-state index in [4.69, 9.17) is 5.11 Å². The van der Waals surface area contributed by atoms with Crippen molar-refractivity contribution in [3.8, 4) is 5.69 Å². The molecule has 0 radical (unpaired) electrons. The van der Waals surface area contributed by atoms with E-state index in [0.717, 1.165) is 56.8 Å². The second-order valence-electron chi connectivity index (χ2n) is 8.05. The number of hydrogen-bond acceptors (Lipinski definition) is 3. The van der Waals surface area contributed by atoms with Gasteiger partial charge in [0.15, 0.2) is 0 Å². The van der Waals surface area contributed by atoms with Crippen molar-refractivity contribution in [2.75, 3.05) is 5.75 Å². The molecule has 4 rings (SSSR count). The molecule has 0 bridgehead atoms. The number of carboxylic acids is 1. The minimum atomic E-state index is -4.37. The summed E-state index contributed by atoms with van der Waals surface area (Å²) in [5.41, 5.74) is 3.93. The molecule has 0 aliphatic heterocycles. The number of halogens is 3. The highest BCUT2D eigenvalue weighted by Gasteiger charge is 2.30. The lowest BCUT2D eigenvalue weighted by atomic mass is 10.0. The van der Waals surface area contributed by atoms with Crippen LogP contribution in [0.4, 0.5) is 13.2 Å². The zero-order valence-electron chi connectivity index (χ0n) is 18.5. The van der Waals surface area contributed by atoms with E-state index in [1.54, 1.807) is 16.4 Å². The lowest BCUT2D eigenvalue weighted by Gasteiger charge is -2.08. The second-order valence-corrected chi connectivity index (χ2v) is 9.22. The summed E-state index contributed by atoms with van der Waals surface area (Å²) in [5.74, 6) is 0.0352. The fourth-order valence-electron chi connectivity index (χ4n) is 3.80. The third-order valence-corrected chi connectivity index (χ3v) is 6.64. The first-order valence-electron chi connectivity index (χ1n) is 10.8. The zero-order chi connectivity index (χ0) is 24.3. The lowest BCUT2D eigenvalue weighted by Crippen LogP contribution is -2.05. The number of rotatable bonds is 8. The van der Waals surface area contributed by atoms with Gasteiger partial charge in [0.2, 0.25) is 0 Å². The van der Waals surface area contributed by atoms with Crippen LogP contribution < -0.4 is 0 Å². The summed E-state index contributed by atoms with van der Waals surface area (Å²) in [7, 11) is 0. The van der Waals surface area contributed by atoms with Gasteiger partial charge in [0, 0.05) is 28.7 Å². The Kier molecular flexibility index (Phi) is 6.97. The van der Waals surface area contributed by atoms with Crippen LogP contribution >= 0.6 is 11.8 Å². The number of benzene rings is 3. The van der Waals surface area contributed by atoms with Gasteiger partial charge in [-0.1, -0.05) is 24.3 Å². The maximum atomic E-state index is 12.8. The van der Waals surface area contributed by atoms with Crippen molar-refractivity contribution in [2.45, 2.75) is 37.3 Å². The van der Waals surface area contributed by atoms with E-state index in [1.165, 1.54) is 12.1 Å². The molecule has 1 aromatic heterocycles. The summed E-state index contributed by atoms with van der Waals surface area (Å²) in [6.07, 6.45) is -1.11. The molecule has 176 valence electrons. The number of hydrogen-bond donors (Lipinski definition) is 1. The Balaban J connectivity index is 1.44. The number of aliphatic carboxylic acids is 1. The first-order chi connectivity index (χ1) is 16.2. The quantitative estimate of drug-likeness (QED) is 0.283. The van der Waals surface area contributed by atoms with Crippen LogP contribution in [-0.2, 0) is 23.8 Å². The van der Waals surface area contributed by atoms with E-state index in [-0.39, 0.29) is 6.42 Å². The van der Waals surface area contributed by atoms with E-state index < -0.39 is 17.7 Å². The molecule has 4 aromatic rings. The van der Waals surface area contributed by atoms with Crippen LogP contribution in [0.2, 0.25) is 0 Å². The van der Waals surface area contributed by atoms with Gasteiger partial charge in [-0.25, -0.2) is 4.68 Å². The average Bonchev–Trinajstić information content (AvgIpc) is 3.23. The Morgan fingerprint density at radius 1 is 1.03 bits per heavy atom. The van der Waals surface area contributed by atoms with Crippen molar-refractivity contribution < 1.29 is 23.1 Å². The minimum Gasteiger partial charge on any atom is -0.481 e. The summed E-state index contributed by atoms with van der Waals surface area (Å²) in [4.78, 5) is 11.9. The lowest BCUT2D eigenvalue weighted by molar-refractivity contribution is -0.138. The number of aromatic nitrogens is 2. The fraction of sp³-hybridized carbons (Fsp3) is 0.231. The molecular weight excluding hydrogens is 461 g/mol. The van der Waals surface area contributed by atoms with Crippen LogP contribution in [0.15, 0.2) is 71.8 Å². The van der Waals surface area contributed by atoms with Gasteiger partial charge >= 0.3 is 12.1 Å². The third kappa shape index (κ3) is 5.62. The van der Waals surface area contributed by atoms with Gasteiger partial charge in [0.1, 0.15) is 0 Å². The normalized spacial score (nSPS) is 11.8. The second kappa shape index (κ2) is 9.93. The maximum Gasteiger partial charge on any atom is 0.416 e. The topological polar surface area (TPSA) is 55.1 Å². The summed E-state index contributed by atoms with van der Waals surface area (Å²) in [5, 5.41) is 14.4. The Morgan fingerprint density at radius 2 is 1.79 bits per heavy atom. The van der Waals surface area contributed by atoms with Gasteiger partial charge in [-0.2, -0.15) is 18.3 Å². The number of alkyl halides is 3. The number of carbonyl (C=O) groups is 1. The van der Waals surface area contributed by atoms with Gasteiger partial charge in [-0.3, -0.25) is 4.79 Å².